The molecule has 0 spiro atoms. The fraction of sp³-hybridized carbons (Fsp3) is 0.558. The van der Waals surface area contributed by atoms with Crippen molar-refractivity contribution in [3.05, 3.63) is 75.8 Å². The number of rotatable bonds is 20. The molecule has 1 unspecified atom stereocenters. The number of nitrogens with zero attached hydrogens (tertiary/aromatic N) is 1. The molecule has 5 rings (SSSR count). The molecule has 1 heterocycles. The first-order valence-corrected chi connectivity index (χ1v) is 19.4. The molecule has 0 radical (unpaired) electrons. The Balaban J connectivity index is 1.24. The minimum absolute atomic E-state index is 0.0854. The summed E-state index contributed by atoms with van der Waals surface area (Å²) in [5.74, 6) is 2.29. The maximum Gasteiger partial charge on any atom is 0.303 e. The van der Waals surface area contributed by atoms with E-state index in [1.165, 1.54) is 40.8 Å². The minimum Gasteiger partial charge on any atom is -0.493 e. The Morgan fingerprint density at radius 1 is 0.980 bits per heavy atom. The quantitative estimate of drug-likeness (QED) is 0.118. The van der Waals surface area contributed by atoms with Gasteiger partial charge in [0, 0.05) is 31.1 Å². The van der Waals surface area contributed by atoms with Crippen molar-refractivity contribution in [1.29, 1.82) is 0 Å². The summed E-state index contributed by atoms with van der Waals surface area (Å²) >= 11 is 6.94. The molecule has 6 nitrogen and oxygen atoms in total. The Bertz CT molecular complexity index is 1590. The standard InChI is InChI=1S/C43H58ClNO5/c1-6-31(15-10-8-9-11-20-42(46)47)27-32-28-37(44)41(29-40(32)48-7-2)50-39-22-21-35-34(17-12-18-36(35)39)33-16-13-19-38(30(33)3)49-26-14-24-45-25-23-43(45,4)5/h12-13,16-19,28-29,31,39H,6-11,14-15,20-27H2,1-5H3,(H,46,47)/t31?,39-/m0/s1. The van der Waals surface area contributed by atoms with Crippen LogP contribution in [-0.4, -0.2) is 47.8 Å². The zero-order valence-corrected chi connectivity index (χ0v) is 31.7. The molecule has 1 aliphatic carbocycles. The molecule has 0 bridgehead atoms. The lowest BCUT2D eigenvalue weighted by molar-refractivity contribution is -0.137. The van der Waals surface area contributed by atoms with Crippen molar-refractivity contribution in [3.63, 3.8) is 0 Å². The van der Waals surface area contributed by atoms with Crippen LogP contribution in [0.25, 0.3) is 11.1 Å². The molecule has 1 aliphatic heterocycles. The Morgan fingerprint density at radius 3 is 2.48 bits per heavy atom. The van der Waals surface area contributed by atoms with Crippen molar-refractivity contribution in [1.82, 2.24) is 4.90 Å². The summed E-state index contributed by atoms with van der Waals surface area (Å²) in [4.78, 5) is 13.3. The van der Waals surface area contributed by atoms with Gasteiger partial charge >= 0.3 is 5.97 Å². The van der Waals surface area contributed by atoms with Crippen LogP contribution in [0.4, 0.5) is 0 Å². The van der Waals surface area contributed by atoms with Gasteiger partial charge in [-0.2, -0.15) is 0 Å². The fourth-order valence-corrected chi connectivity index (χ4v) is 7.95. The van der Waals surface area contributed by atoms with Crippen LogP contribution < -0.4 is 14.2 Å². The van der Waals surface area contributed by atoms with Gasteiger partial charge in [-0.15, -0.1) is 0 Å². The van der Waals surface area contributed by atoms with Crippen molar-refractivity contribution in [2.45, 2.75) is 123 Å². The van der Waals surface area contributed by atoms with Gasteiger partial charge in [0.05, 0.1) is 18.2 Å². The molecule has 0 amide bonds. The maximum atomic E-state index is 10.8. The number of aliphatic carboxylic acids is 1. The number of hydrogen-bond donors (Lipinski definition) is 1. The van der Waals surface area contributed by atoms with Crippen molar-refractivity contribution < 1.29 is 24.1 Å². The van der Waals surface area contributed by atoms with Crippen molar-refractivity contribution in [2.24, 2.45) is 5.92 Å². The zero-order valence-electron chi connectivity index (χ0n) is 31.0. The largest absolute Gasteiger partial charge is 0.493 e. The van der Waals surface area contributed by atoms with Gasteiger partial charge in [-0.05, 0) is 118 Å². The second kappa shape index (κ2) is 17.8. The molecular formula is C43H58ClNO5. The van der Waals surface area contributed by atoms with Gasteiger partial charge in [-0.1, -0.05) is 81.0 Å². The Labute approximate surface area is 305 Å². The van der Waals surface area contributed by atoms with Gasteiger partial charge in [0.25, 0.3) is 0 Å². The van der Waals surface area contributed by atoms with Gasteiger partial charge in [-0.25, -0.2) is 0 Å². The molecule has 0 aromatic heterocycles. The molecule has 1 fully saturated rings. The summed E-state index contributed by atoms with van der Waals surface area (Å²) < 4.78 is 19.2. The van der Waals surface area contributed by atoms with Gasteiger partial charge in [0.2, 0.25) is 0 Å². The number of carbonyl (C=O) groups is 1. The van der Waals surface area contributed by atoms with Crippen molar-refractivity contribution >= 4 is 17.6 Å². The van der Waals surface area contributed by atoms with E-state index in [1.807, 2.05) is 19.1 Å². The summed E-state index contributed by atoms with van der Waals surface area (Å²) in [6.07, 6.45) is 11.3. The van der Waals surface area contributed by atoms with E-state index in [0.29, 0.717) is 28.8 Å². The number of hydrogen-bond acceptors (Lipinski definition) is 5. The monoisotopic (exact) mass is 703 g/mol. The van der Waals surface area contributed by atoms with Crippen molar-refractivity contribution in [2.75, 3.05) is 26.3 Å². The first-order valence-electron chi connectivity index (χ1n) is 19.0. The van der Waals surface area contributed by atoms with E-state index in [-0.39, 0.29) is 12.5 Å². The highest BCUT2D eigenvalue weighted by Gasteiger charge is 2.35. The van der Waals surface area contributed by atoms with Crippen LogP contribution in [0.15, 0.2) is 48.5 Å². The van der Waals surface area contributed by atoms with Crippen LogP contribution in [0.2, 0.25) is 5.02 Å². The molecular weight excluding hydrogens is 646 g/mol. The molecule has 3 aromatic rings. The Kier molecular flexibility index (Phi) is 13.5. The van der Waals surface area contributed by atoms with E-state index in [4.69, 9.17) is 30.9 Å². The van der Waals surface area contributed by atoms with E-state index < -0.39 is 5.97 Å². The molecule has 1 saturated heterocycles. The van der Waals surface area contributed by atoms with Gasteiger partial charge in [-0.3, -0.25) is 9.69 Å². The Hall–Kier alpha value is -3.22. The molecule has 1 N–H and O–H groups in total. The summed E-state index contributed by atoms with van der Waals surface area (Å²) in [7, 11) is 0. The van der Waals surface area contributed by atoms with E-state index in [9.17, 15) is 4.79 Å². The van der Waals surface area contributed by atoms with Gasteiger partial charge in [0.1, 0.15) is 23.4 Å². The second-order valence-electron chi connectivity index (χ2n) is 14.8. The number of carboxylic acid groups (broad SMARTS) is 1. The highest BCUT2D eigenvalue weighted by atomic mass is 35.5. The average Bonchev–Trinajstić information content (AvgIpc) is 3.50. The number of ether oxygens (including phenoxy) is 3. The molecule has 3 aromatic carbocycles. The zero-order chi connectivity index (χ0) is 35.7. The number of unbranched alkanes of at least 4 members (excludes halogenated alkanes) is 3. The first kappa shape index (κ1) is 38.0. The lowest BCUT2D eigenvalue weighted by Gasteiger charge is -2.48. The summed E-state index contributed by atoms with van der Waals surface area (Å²) in [6.45, 7) is 14.6. The first-order chi connectivity index (χ1) is 24.1. The van der Waals surface area contributed by atoms with Crippen molar-refractivity contribution in [3.8, 4) is 28.4 Å². The summed E-state index contributed by atoms with van der Waals surface area (Å²) in [6, 6.07) is 17.0. The van der Waals surface area contributed by atoms with E-state index in [0.717, 1.165) is 94.4 Å². The highest BCUT2D eigenvalue weighted by molar-refractivity contribution is 6.32. The molecule has 2 atom stereocenters. The summed E-state index contributed by atoms with van der Waals surface area (Å²) in [5.41, 5.74) is 7.66. The van der Waals surface area contributed by atoms with E-state index >= 15 is 0 Å². The lowest BCUT2D eigenvalue weighted by Crippen LogP contribution is -2.55. The fourth-order valence-electron chi connectivity index (χ4n) is 7.72. The van der Waals surface area contributed by atoms with Crippen LogP contribution in [-0.2, 0) is 17.6 Å². The van der Waals surface area contributed by atoms with Crippen LogP contribution in [0, 0.1) is 12.8 Å². The smallest absolute Gasteiger partial charge is 0.303 e. The number of likely N-dealkylation sites (tertiary alicyclic amines) is 1. The second-order valence-corrected chi connectivity index (χ2v) is 15.3. The maximum absolute atomic E-state index is 10.8. The summed E-state index contributed by atoms with van der Waals surface area (Å²) in [5, 5.41) is 9.51. The Morgan fingerprint density at radius 2 is 1.76 bits per heavy atom. The van der Waals surface area contributed by atoms with Crippen LogP contribution in [0.3, 0.4) is 0 Å². The van der Waals surface area contributed by atoms with Gasteiger partial charge < -0.3 is 19.3 Å². The van der Waals surface area contributed by atoms with E-state index in [2.05, 4.69) is 69.0 Å². The third kappa shape index (κ3) is 9.55. The molecule has 0 saturated carbocycles. The number of benzene rings is 3. The highest BCUT2D eigenvalue weighted by Crippen LogP contribution is 2.44. The molecule has 7 heteroatoms. The third-order valence-electron chi connectivity index (χ3n) is 11.0. The molecule has 272 valence electrons. The predicted molar refractivity (Wildman–Crippen MR) is 204 cm³/mol. The molecule has 50 heavy (non-hydrogen) atoms. The van der Waals surface area contributed by atoms with Crippen LogP contribution in [0.5, 0.6) is 17.2 Å². The third-order valence-corrected chi connectivity index (χ3v) is 11.3. The SMILES string of the molecule is CCOc1cc(O[C@H]2CCc3c(-c4cccc(OCCCN5CCC5(C)C)c4C)cccc32)c(Cl)cc1CC(CC)CCCCCCC(=O)O. The normalized spacial score (nSPS) is 17.2. The van der Waals surface area contributed by atoms with Gasteiger partial charge in [0.15, 0.2) is 0 Å². The lowest BCUT2D eigenvalue weighted by atomic mass is 9.89. The topological polar surface area (TPSA) is 68.2 Å². The minimum atomic E-state index is -0.708. The number of halogens is 1. The number of carboxylic acids is 1. The van der Waals surface area contributed by atoms with E-state index in [1.54, 1.807) is 0 Å². The number of fused-ring (bicyclic) bond motifs is 1. The van der Waals surface area contributed by atoms with Crippen LogP contribution >= 0.6 is 11.6 Å². The average molecular weight is 704 g/mol. The molecule has 2 aliphatic rings. The van der Waals surface area contributed by atoms with Crippen LogP contribution in [0.1, 0.15) is 120 Å². The predicted octanol–water partition coefficient (Wildman–Crippen LogP) is 11.0.